The molecule has 0 bridgehead atoms. The zero-order valence-electron chi connectivity index (χ0n) is 19.9. The minimum atomic E-state index is -0.510. The molecule has 5 rings (SSSR count). The summed E-state index contributed by atoms with van der Waals surface area (Å²) in [6.07, 6.45) is 1.41. The summed E-state index contributed by atoms with van der Waals surface area (Å²) in [5, 5.41) is 7.69. The lowest BCUT2D eigenvalue weighted by atomic mass is 10.2. The van der Waals surface area contributed by atoms with Gasteiger partial charge in [0.05, 0.1) is 23.8 Å². The molecule has 1 aromatic carbocycles. The number of nitrogens with zero attached hydrogens (tertiary/aromatic N) is 7. The number of ether oxygens (including phenoxy) is 1. The molecule has 3 aromatic heterocycles. The highest BCUT2D eigenvalue weighted by molar-refractivity contribution is 5.75. The number of amides is 1. The van der Waals surface area contributed by atoms with E-state index < -0.39 is 5.60 Å². The molecule has 0 aliphatic carbocycles. The molecule has 4 aromatic rings. The molecule has 11 heteroatoms. The molecule has 1 fully saturated rings. The highest BCUT2D eigenvalue weighted by Crippen LogP contribution is 2.19. The van der Waals surface area contributed by atoms with E-state index in [-0.39, 0.29) is 6.09 Å². The Kier molecular flexibility index (Phi) is 5.46. The maximum Gasteiger partial charge on any atom is 0.410 e. The van der Waals surface area contributed by atoms with E-state index in [2.05, 4.69) is 43.3 Å². The maximum absolute atomic E-state index is 12.4. The van der Waals surface area contributed by atoms with Crippen LogP contribution in [-0.2, 0) is 11.3 Å². The van der Waals surface area contributed by atoms with Crippen molar-refractivity contribution in [3.8, 4) is 0 Å². The van der Waals surface area contributed by atoms with Crippen molar-refractivity contribution in [1.82, 2.24) is 34.4 Å². The van der Waals surface area contributed by atoms with Gasteiger partial charge in [-0.05, 0) is 45.4 Å². The van der Waals surface area contributed by atoms with E-state index in [4.69, 9.17) is 9.72 Å². The van der Waals surface area contributed by atoms with Gasteiger partial charge in [-0.25, -0.2) is 9.78 Å². The van der Waals surface area contributed by atoms with Crippen LogP contribution in [0, 0.1) is 6.92 Å². The molecule has 1 saturated heterocycles. The molecular weight excluding hydrogens is 434 g/mol. The number of anilines is 2. The van der Waals surface area contributed by atoms with Gasteiger partial charge in [-0.1, -0.05) is 6.07 Å². The van der Waals surface area contributed by atoms with Gasteiger partial charge in [0, 0.05) is 32.2 Å². The molecule has 1 amide bonds. The van der Waals surface area contributed by atoms with Crippen molar-refractivity contribution in [3.63, 3.8) is 0 Å². The van der Waals surface area contributed by atoms with Gasteiger partial charge < -0.3 is 24.8 Å². The molecular formula is C23H29N9O2. The largest absolute Gasteiger partial charge is 0.444 e. The second-order valence-corrected chi connectivity index (χ2v) is 9.46. The highest BCUT2D eigenvalue weighted by Gasteiger charge is 2.27. The molecule has 0 unspecified atom stereocenters. The summed E-state index contributed by atoms with van der Waals surface area (Å²) in [4.78, 5) is 33.6. The first-order valence-electron chi connectivity index (χ1n) is 11.4. The first kappa shape index (κ1) is 21.9. The van der Waals surface area contributed by atoms with Gasteiger partial charge in [0.2, 0.25) is 11.9 Å². The van der Waals surface area contributed by atoms with E-state index in [1.807, 2.05) is 39.0 Å². The first-order valence-corrected chi connectivity index (χ1v) is 11.4. The Morgan fingerprint density at radius 1 is 1.12 bits per heavy atom. The third kappa shape index (κ3) is 4.59. The van der Waals surface area contributed by atoms with Gasteiger partial charge >= 0.3 is 6.09 Å². The van der Waals surface area contributed by atoms with Crippen LogP contribution < -0.4 is 10.2 Å². The molecule has 4 heterocycles. The number of hydrogen-bond acceptors (Lipinski definition) is 8. The van der Waals surface area contributed by atoms with Gasteiger partial charge in [-0.15, -0.1) is 0 Å². The van der Waals surface area contributed by atoms with Crippen LogP contribution in [0.2, 0.25) is 0 Å². The second kappa shape index (κ2) is 8.47. The number of piperazine rings is 1. The summed E-state index contributed by atoms with van der Waals surface area (Å²) in [6, 6.07) is 7.98. The predicted molar refractivity (Wildman–Crippen MR) is 129 cm³/mol. The van der Waals surface area contributed by atoms with Crippen molar-refractivity contribution >= 4 is 34.7 Å². The predicted octanol–water partition coefficient (Wildman–Crippen LogP) is 2.98. The molecule has 34 heavy (non-hydrogen) atoms. The Morgan fingerprint density at radius 3 is 2.68 bits per heavy atom. The molecule has 0 radical (unpaired) electrons. The van der Waals surface area contributed by atoms with Crippen LogP contribution in [0.3, 0.4) is 0 Å². The zero-order valence-corrected chi connectivity index (χ0v) is 19.9. The van der Waals surface area contributed by atoms with Crippen molar-refractivity contribution in [1.29, 1.82) is 0 Å². The number of rotatable bonds is 4. The number of aryl methyl sites for hydroxylation is 1. The summed E-state index contributed by atoms with van der Waals surface area (Å²) in [5.41, 5.74) is 3.30. The van der Waals surface area contributed by atoms with Crippen molar-refractivity contribution in [2.45, 2.75) is 39.8 Å². The van der Waals surface area contributed by atoms with Gasteiger partial charge in [-0.3, -0.25) is 0 Å². The number of nitrogens with one attached hydrogen (secondary N) is 2. The SMILES string of the molecule is Cc1ccc2nc(CNc3nc(N4CCN(C(=O)OC(C)(C)C)CC4)nc4ccnn34)[nH]c2c1. The van der Waals surface area contributed by atoms with E-state index in [0.29, 0.717) is 50.3 Å². The molecule has 0 saturated carbocycles. The summed E-state index contributed by atoms with van der Waals surface area (Å²) in [6.45, 7) is 10.5. The standard InChI is InChI=1S/C23H29N9O2/c1-15-5-6-16-17(13-15)27-18(26-16)14-24-20-29-21(28-19-7-8-25-32(19)20)30-9-11-31(12-10-30)22(33)34-23(2,3)4/h5-8,13H,9-12,14H2,1-4H3,(H,26,27)(H,24,28,29). The van der Waals surface area contributed by atoms with Crippen LogP contribution in [0.5, 0.6) is 0 Å². The molecule has 1 aliphatic heterocycles. The minimum absolute atomic E-state index is 0.289. The lowest BCUT2D eigenvalue weighted by Crippen LogP contribution is -2.50. The topological polar surface area (TPSA) is 117 Å². The van der Waals surface area contributed by atoms with Crippen LogP contribution in [0.25, 0.3) is 16.7 Å². The number of carbonyl (C=O) groups excluding carboxylic acids is 1. The molecule has 0 spiro atoms. The number of aromatic amines is 1. The Bertz CT molecular complexity index is 1330. The maximum atomic E-state index is 12.4. The number of carbonyl (C=O) groups is 1. The van der Waals surface area contributed by atoms with E-state index in [1.165, 1.54) is 5.56 Å². The summed E-state index contributed by atoms with van der Waals surface area (Å²) < 4.78 is 7.17. The number of aromatic nitrogens is 6. The molecule has 11 nitrogen and oxygen atoms in total. The van der Waals surface area contributed by atoms with Crippen molar-refractivity contribution in [2.24, 2.45) is 0 Å². The van der Waals surface area contributed by atoms with Gasteiger partial charge in [0.1, 0.15) is 11.4 Å². The number of fused-ring (bicyclic) bond motifs is 2. The summed E-state index contributed by atoms with van der Waals surface area (Å²) >= 11 is 0. The number of benzene rings is 1. The van der Waals surface area contributed by atoms with Crippen molar-refractivity contribution < 1.29 is 9.53 Å². The molecule has 2 N–H and O–H groups in total. The fourth-order valence-electron chi connectivity index (χ4n) is 3.91. The Morgan fingerprint density at radius 2 is 1.91 bits per heavy atom. The van der Waals surface area contributed by atoms with Gasteiger partial charge in [-0.2, -0.15) is 19.6 Å². The first-order chi connectivity index (χ1) is 16.2. The van der Waals surface area contributed by atoms with Gasteiger partial charge in [0.15, 0.2) is 5.65 Å². The van der Waals surface area contributed by atoms with Crippen LogP contribution >= 0.6 is 0 Å². The normalized spacial score (nSPS) is 14.7. The monoisotopic (exact) mass is 463 g/mol. The Labute approximate surface area is 197 Å². The average molecular weight is 464 g/mol. The van der Waals surface area contributed by atoms with E-state index >= 15 is 0 Å². The third-order valence-electron chi connectivity index (χ3n) is 5.56. The Balaban J connectivity index is 1.30. The fourth-order valence-corrected chi connectivity index (χ4v) is 3.91. The average Bonchev–Trinajstić information content (AvgIpc) is 3.42. The smallest absolute Gasteiger partial charge is 0.410 e. The zero-order chi connectivity index (χ0) is 23.9. The van der Waals surface area contributed by atoms with E-state index in [1.54, 1.807) is 15.6 Å². The summed E-state index contributed by atoms with van der Waals surface area (Å²) in [7, 11) is 0. The highest BCUT2D eigenvalue weighted by atomic mass is 16.6. The minimum Gasteiger partial charge on any atom is -0.444 e. The van der Waals surface area contributed by atoms with Crippen molar-refractivity contribution in [2.75, 3.05) is 36.4 Å². The number of H-pyrrole nitrogens is 1. The van der Waals surface area contributed by atoms with Crippen LogP contribution in [0.4, 0.5) is 16.7 Å². The summed E-state index contributed by atoms with van der Waals surface area (Å²) in [5.74, 6) is 1.99. The lowest BCUT2D eigenvalue weighted by molar-refractivity contribution is 0.0240. The van der Waals surface area contributed by atoms with E-state index in [0.717, 1.165) is 16.9 Å². The molecule has 178 valence electrons. The fraction of sp³-hybridized carbons (Fsp3) is 0.435. The number of hydrogen-bond donors (Lipinski definition) is 2. The van der Waals surface area contributed by atoms with Crippen LogP contribution in [0.15, 0.2) is 30.5 Å². The van der Waals surface area contributed by atoms with Crippen LogP contribution in [0.1, 0.15) is 32.2 Å². The Hall–Kier alpha value is -3.89. The second-order valence-electron chi connectivity index (χ2n) is 9.46. The molecule has 1 aliphatic rings. The van der Waals surface area contributed by atoms with Crippen molar-refractivity contribution in [3.05, 3.63) is 41.9 Å². The third-order valence-corrected chi connectivity index (χ3v) is 5.56. The van der Waals surface area contributed by atoms with Gasteiger partial charge in [0.25, 0.3) is 0 Å². The lowest BCUT2D eigenvalue weighted by Gasteiger charge is -2.35. The number of imidazole rings is 1. The van der Waals surface area contributed by atoms with E-state index in [9.17, 15) is 4.79 Å². The molecule has 0 atom stereocenters. The van der Waals surface area contributed by atoms with Crippen LogP contribution in [-0.4, -0.2) is 72.3 Å². The quantitative estimate of drug-likeness (QED) is 0.474.